The third-order valence-electron chi connectivity index (χ3n) is 3.10. The van der Waals surface area contributed by atoms with Gasteiger partial charge in [-0.15, -0.1) is 0 Å². The lowest BCUT2D eigenvalue weighted by molar-refractivity contribution is 0.103. The van der Waals surface area contributed by atoms with E-state index >= 15 is 0 Å². The second-order valence-corrected chi connectivity index (χ2v) is 4.48. The largest absolute Gasteiger partial charge is 0.288 e. The van der Waals surface area contributed by atoms with Gasteiger partial charge < -0.3 is 0 Å². The van der Waals surface area contributed by atoms with Crippen LogP contribution in [0, 0.1) is 17.5 Å². The van der Waals surface area contributed by atoms with Crippen molar-refractivity contribution < 1.29 is 18.0 Å². The summed E-state index contributed by atoms with van der Waals surface area (Å²) in [4.78, 5) is 16.3. The van der Waals surface area contributed by atoms with Crippen molar-refractivity contribution in [3.05, 3.63) is 77.2 Å². The molecule has 0 atom stereocenters. The third kappa shape index (κ3) is 2.38. The van der Waals surface area contributed by atoms with Gasteiger partial charge in [0.2, 0.25) is 0 Å². The standard InChI is InChI=1S/C16H8F3NO/c17-11-7-12(18)15(13(19)8-11)16(21)10-4-3-9-2-1-5-20-14(9)6-10/h1-8H. The minimum atomic E-state index is -1.22. The summed E-state index contributed by atoms with van der Waals surface area (Å²) in [5.74, 6) is -4.36. The van der Waals surface area contributed by atoms with E-state index in [4.69, 9.17) is 0 Å². The molecule has 0 aliphatic rings. The molecule has 1 heterocycles. The highest BCUT2D eigenvalue weighted by atomic mass is 19.1. The molecule has 3 rings (SSSR count). The first-order valence-corrected chi connectivity index (χ1v) is 6.10. The van der Waals surface area contributed by atoms with E-state index in [0.29, 0.717) is 17.6 Å². The van der Waals surface area contributed by atoms with E-state index in [2.05, 4.69) is 4.98 Å². The van der Waals surface area contributed by atoms with Gasteiger partial charge in [0.15, 0.2) is 5.78 Å². The fourth-order valence-corrected chi connectivity index (χ4v) is 2.11. The van der Waals surface area contributed by atoms with Crippen LogP contribution in [0.2, 0.25) is 0 Å². The predicted molar refractivity (Wildman–Crippen MR) is 71.5 cm³/mol. The van der Waals surface area contributed by atoms with Crippen molar-refractivity contribution in [2.24, 2.45) is 0 Å². The number of ketones is 1. The summed E-state index contributed by atoms with van der Waals surface area (Å²) in [6.07, 6.45) is 1.55. The first-order valence-electron chi connectivity index (χ1n) is 6.10. The summed E-state index contributed by atoms with van der Waals surface area (Å²) in [7, 11) is 0. The summed E-state index contributed by atoms with van der Waals surface area (Å²) < 4.78 is 40.2. The Labute approximate surface area is 117 Å². The van der Waals surface area contributed by atoms with Gasteiger partial charge in [-0.3, -0.25) is 9.78 Å². The number of carbonyl (C=O) groups is 1. The third-order valence-corrected chi connectivity index (χ3v) is 3.10. The number of halogens is 3. The number of hydrogen-bond acceptors (Lipinski definition) is 2. The number of benzene rings is 2. The van der Waals surface area contributed by atoms with Crippen LogP contribution in [0.25, 0.3) is 10.9 Å². The number of aromatic nitrogens is 1. The average Bonchev–Trinajstić information content (AvgIpc) is 2.45. The maximum absolute atomic E-state index is 13.6. The molecule has 21 heavy (non-hydrogen) atoms. The fraction of sp³-hybridized carbons (Fsp3) is 0. The molecule has 0 fully saturated rings. The SMILES string of the molecule is O=C(c1ccc2cccnc2c1)c1c(F)cc(F)cc1F. The van der Waals surface area contributed by atoms with Gasteiger partial charge in [0, 0.05) is 29.3 Å². The second kappa shape index (κ2) is 5.01. The van der Waals surface area contributed by atoms with Gasteiger partial charge in [-0.05, 0) is 12.1 Å². The first-order chi connectivity index (χ1) is 10.1. The van der Waals surface area contributed by atoms with Crippen LogP contribution in [0.3, 0.4) is 0 Å². The molecule has 0 saturated heterocycles. The molecule has 2 aromatic carbocycles. The van der Waals surface area contributed by atoms with Gasteiger partial charge in [0.25, 0.3) is 0 Å². The highest BCUT2D eigenvalue weighted by Crippen LogP contribution is 2.21. The zero-order valence-electron chi connectivity index (χ0n) is 10.6. The summed E-state index contributed by atoms with van der Waals surface area (Å²) in [5, 5.41) is 0.800. The van der Waals surface area contributed by atoms with Crippen LogP contribution in [0.15, 0.2) is 48.7 Å². The van der Waals surface area contributed by atoms with Crippen molar-refractivity contribution in [2.45, 2.75) is 0 Å². The number of fused-ring (bicyclic) bond motifs is 1. The topological polar surface area (TPSA) is 30.0 Å². The van der Waals surface area contributed by atoms with Crippen LogP contribution in [0.5, 0.6) is 0 Å². The van der Waals surface area contributed by atoms with E-state index in [-0.39, 0.29) is 5.56 Å². The van der Waals surface area contributed by atoms with Crippen LogP contribution < -0.4 is 0 Å². The molecule has 0 N–H and O–H groups in total. The van der Waals surface area contributed by atoms with E-state index in [9.17, 15) is 18.0 Å². The Bertz CT molecular complexity index is 838. The van der Waals surface area contributed by atoms with Crippen molar-refractivity contribution >= 4 is 16.7 Å². The molecule has 0 unspecified atom stereocenters. The number of hydrogen-bond donors (Lipinski definition) is 0. The Kier molecular flexibility index (Phi) is 3.17. The van der Waals surface area contributed by atoms with Gasteiger partial charge in [-0.25, -0.2) is 13.2 Å². The normalized spacial score (nSPS) is 10.8. The van der Waals surface area contributed by atoms with E-state index in [0.717, 1.165) is 5.39 Å². The van der Waals surface area contributed by atoms with Crippen LogP contribution in [0.1, 0.15) is 15.9 Å². The number of nitrogens with zero attached hydrogens (tertiary/aromatic N) is 1. The smallest absolute Gasteiger partial charge is 0.199 e. The Morgan fingerprint density at radius 1 is 0.952 bits per heavy atom. The molecule has 0 radical (unpaired) electrons. The number of carbonyl (C=O) groups excluding carboxylic acids is 1. The molecule has 0 amide bonds. The second-order valence-electron chi connectivity index (χ2n) is 4.48. The molecule has 1 aromatic heterocycles. The monoisotopic (exact) mass is 287 g/mol. The van der Waals surface area contributed by atoms with E-state index in [1.54, 1.807) is 24.4 Å². The number of rotatable bonds is 2. The maximum atomic E-state index is 13.6. The molecular formula is C16H8F3NO. The van der Waals surface area contributed by atoms with Gasteiger partial charge in [0.1, 0.15) is 17.5 Å². The van der Waals surface area contributed by atoms with Crippen LogP contribution in [-0.4, -0.2) is 10.8 Å². The quantitative estimate of drug-likeness (QED) is 0.669. The van der Waals surface area contributed by atoms with E-state index in [1.807, 2.05) is 0 Å². The molecule has 2 nitrogen and oxygen atoms in total. The molecule has 0 aliphatic heterocycles. The Morgan fingerprint density at radius 3 is 2.38 bits per heavy atom. The highest BCUT2D eigenvalue weighted by Gasteiger charge is 2.20. The Morgan fingerprint density at radius 2 is 1.67 bits per heavy atom. The summed E-state index contributed by atoms with van der Waals surface area (Å²) in [6, 6.07) is 9.04. The van der Waals surface area contributed by atoms with Crippen molar-refractivity contribution in [3.8, 4) is 0 Å². The van der Waals surface area contributed by atoms with Crippen LogP contribution >= 0.6 is 0 Å². The minimum Gasteiger partial charge on any atom is -0.288 e. The van der Waals surface area contributed by atoms with Crippen molar-refractivity contribution in [1.29, 1.82) is 0 Å². The van der Waals surface area contributed by atoms with E-state index < -0.39 is 28.8 Å². The molecule has 0 saturated carbocycles. The molecule has 5 heteroatoms. The van der Waals surface area contributed by atoms with Crippen molar-refractivity contribution in [3.63, 3.8) is 0 Å². The van der Waals surface area contributed by atoms with Gasteiger partial charge in [-0.2, -0.15) is 0 Å². The Hall–Kier alpha value is -2.69. The molecule has 0 bridgehead atoms. The molecule has 104 valence electrons. The zero-order chi connectivity index (χ0) is 15.0. The van der Waals surface area contributed by atoms with E-state index in [1.165, 1.54) is 12.1 Å². The lowest BCUT2D eigenvalue weighted by atomic mass is 10.0. The maximum Gasteiger partial charge on any atom is 0.199 e. The van der Waals surface area contributed by atoms with Crippen molar-refractivity contribution in [1.82, 2.24) is 4.98 Å². The molecule has 3 aromatic rings. The lowest BCUT2D eigenvalue weighted by Gasteiger charge is -2.06. The van der Waals surface area contributed by atoms with Gasteiger partial charge in [-0.1, -0.05) is 18.2 Å². The Balaban J connectivity index is 2.12. The van der Waals surface area contributed by atoms with Gasteiger partial charge >= 0.3 is 0 Å². The molecule has 0 aliphatic carbocycles. The van der Waals surface area contributed by atoms with Crippen LogP contribution in [-0.2, 0) is 0 Å². The predicted octanol–water partition coefficient (Wildman–Crippen LogP) is 3.88. The zero-order valence-corrected chi connectivity index (χ0v) is 10.6. The highest BCUT2D eigenvalue weighted by molar-refractivity contribution is 6.10. The number of pyridine rings is 1. The summed E-state index contributed by atoms with van der Waals surface area (Å²) in [6.45, 7) is 0. The lowest BCUT2D eigenvalue weighted by Crippen LogP contribution is -2.08. The first kappa shape index (κ1) is 13.3. The van der Waals surface area contributed by atoms with Crippen LogP contribution in [0.4, 0.5) is 13.2 Å². The van der Waals surface area contributed by atoms with Crippen molar-refractivity contribution in [2.75, 3.05) is 0 Å². The summed E-state index contributed by atoms with van der Waals surface area (Å²) in [5.41, 5.74) is -0.149. The summed E-state index contributed by atoms with van der Waals surface area (Å²) >= 11 is 0. The van der Waals surface area contributed by atoms with Gasteiger partial charge in [0.05, 0.1) is 11.1 Å². The molecule has 0 spiro atoms. The molecular weight excluding hydrogens is 279 g/mol. The minimum absolute atomic E-state index is 0.0885. The fourth-order valence-electron chi connectivity index (χ4n) is 2.11. The average molecular weight is 287 g/mol.